The van der Waals surface area contributed by atoms with Crippen LogP contribution in [-0.2, 0) is 0 Å². The van der Waals surface area contributed by atoms with E-state index in [0.717, 1.165) is 27.6 Å². The summed E-state index contributed by atoms with van der Waals surface area (Å²) in [5.41, 5.74) is 8.32. The summed E-state index contributed by atoms with van der Waals surface area (Å²) in [5, 5.41) is 6.75. The molecule has 0 fully saturated rings. The minimum Gasteiger partial charge on any atom is -0.497 e. The van der Waals surface area contributed by atoms with Crippen LogP contribution in [0, 0.1) is 6.92 Å². The highest BCUT2D eigenvalue weighted by Crippen LogP contribution is 2.37. The van der Waals surface area contributed by atoms with Gasteiger partial charge in [0.1, 0.15) is 11.4 Å². The van der Waals surface area contributed by atoms with Crippen molar-refractivity contribution in [1.82, 2.24) is 10.1 Å². The molecule has 0 atom stereocenters. The Morgan fingerprint density at radius 2 is 2.20 bits per heavy atom. The lowest BCUT2D eigenvalue weighted by Crippen LogP contribution is -1.90. The van der Waals surface area contributed by atoms with Crippen molar-refractivity contribution in [3.63, 3.8) is 0 Å². The number of ether oxygens (including phenoxy) is 1. The highest BCUT2D eigenvalue weighted by Gasteiger charge is 2.19. The molecule has 0 aliphatic carbocycles. The van der Waals surface area contributed by atoms with Crippen molar-refractivity contribution in [1.29, 1.82) is 0 Å². The molecule has 20 heavy (non-hydrogen) atoms. The van der Waals surface area contributed by atoms with E-state index < -0.39 is 0 Å². The van der Waals surface area contributed by atoms with E-state index in [1.807, 2.05) is 36.6 Å². The Hall–Kier alpha value is -2.34. The largest absolute Gasteiger partial charge is 0.497 e. The third kappa shape index (κ3) is 2.14. The Labute approximate surface area is 120 Å². The lowest BCUT2D eigenvalue weighted by Gasteiger charge is -2.04. The fourth-order valence-corrected chi connectivity index (χ4v) is 2.60. The number of rotatable bonds is 3. The molecule has 102 valence electrons. The molecule has 0 bridgehead atoms. The number of nitrogens with two attached hydrogens (primary N) is 1. The first kappa shape index (κ1) is 12.7. The molecule has 0 saturated carbocycles. The van der Waals surface area contributed by atoms with Gasteiger partial charge in [0, 0.05) is 5.38 Å². The summed E-state index contributed by atoms with van der Waals surface area (Å²) in [4.78, 5) is 4.42. The van der Waals surface area contributed by atoms with E-state index >= 15 is 0 Å². The summed E-state index contributed by atoms with van der Waals surface area (Å²) in [6, 6.07) is 7.61. The van der Waals surface area contributed by atoms with Crippen LogP contribution >= 0.6 is 11.3 Å². The maximum Gasteiger partial charge on any atom is 0.196 e. The molecule has 0 aliphatic rings. The summed E-state index contributed by atoms with van der Waals surface area (Å²) in [6.07, 6.45) is 0. The van der Waals surface area contributed by atoms with Gasteiger partial charge >= 0.3 is 0 Å². The molecule has 0 aliphatic heterocycles. The van der Waals surface area contributed by atoms with Gasteiger partial charge in [-0.2, -0.15) is 0 Å². The SMILES string of the molecule is COc1cccc(-c2c(N)noc2-c2csc(C)n2)c1. The summed E-state index contributed by atoms with van der Waals surface area (Å²) < 4.78 is 10.6. The molecule has 0 saturated heterocycles. The lowest BCUT2D eigenvalue weighted by molar-refractivity contribution is 0.415. The van der Waals surface area contributed by atoms with Crippen molar-refractivity contribution in [3.05, 3.63) is 34.7 Å². The van der Waals surface area contributed by atoms with Crippen LogP contribution in [0.3, 0.4) is 0 Å². The Kier molecular flexibility index (Phi) is 3.15. The Bertz CT molecular complexity index is 748. The molecule has 1 aromatic carbocycles. The molecule has 0 spiro atoms. The van der Waals surface area contributed by atoms with Crippen LogP contribution in [0.2, 0.25) is 0 Å². The molecule has 0 unspecified atom stereocenters. The molecule has 3 aromatic rings. The van der Waals surface area contributed by atoms with Gasteiger partial charge in [0.2, 0.25) is 0 Å². The average molecular weight is 287 g/mol. The summed E-state index contributed by atoms with van der Waals surface area (Å²) in [7, 11) is 1.63. The van der Waals surface area contributed by atoms with Gasteiger partial charge in [0.25, 0.3) is 0 Å². The van der Waals surface area contributed by atoms with Gasteiger partial charge < -0.3 is 15.0 Å². The number of hydrogen-bond acceptors (Lipinski definition) is 6. The third-order valence-electron chi connectivity index (χ3n) is 2.93. The molecule has 0 amide bonds. The number of aryl methyl sites for hydroxylation is 1. The second-order valence-corrected chi connectivity index (χ2v) is 5.32. The number of benzene rings is 1. The highest BCUT2D eigenvalue weighted by atomic mass is 32.1. The predicted octanol–water partition coefficient (Wildman–Crippen LogP) is 3.36. The molecule has 6 heteroatoms. The van der Waals surface area contributed by atoms with Crippen molar-refractivity contribution in [2.24, 2.45) is 0 Å². The zero-order valence-electron chi connectivity index (χ0n) is 11.1. The van der Waals surface area contributed by atoms with Crippen molar-refractivity contribution >= 4 is 17.2 Å². The second kappa shape index (κ2) is 4.97. The smallest absolute Gasteiger partial charge is 0.196 e. The molecule has 0 radical (unpaired) electrons. The Morgan fingerprint density at radius 3 is 2.90 bits per heavy atom. The molecular weight excluding hydrogens is 274 g/mol. The molecule has 2 heterocycles. The van der Waals surface area contributed by atoms with Crippen LogP contribution in [0.5, 0.6) is 5.75 Å². The van der Waals surface area contributed by atoms with E-state index in [2.05, 4.69) is 10.1 Å². The number of anilines is 1. The highest BCUT2D eigenvalue weighted by molar-refractivity contribution is 7.09. The first-order valence-electron chi connectivity index (χ1n) is 6.01. The minimum atomic E-state index is 0.346. The fraction of sp³-hybridized carbons (Fsp3) is 0.143. The van der Waals surface area contributed by atoms with Gasteiger partial charge in [-0.15, -0.1) is 11.3 Å². The zero-order chi connectivity index (χ0) is 14.1. The minimum absolute atomic E-state index is 0.346. The molecule has 5 nitrogen and oxygen atoms in total. The monoisotopic (exact) mass is 287 g/mol. The molecule has 2 N–H and O–H groups in total. The van der Waals surface area contributed by atoms with Gasteiger partial charge in [-0.3, -0.25) is 0 Å². The zero-order valence-corrected chi connectivity index (χ0v) is 11.9. The second-order valence-electron chi connectivity index (χ2n) is 4.26. The maximum atomic E-state index is 5.94. The number of thiazole rings is 1. The van der Waals surface area contributed by atoms with Crippen LogP contribution in [0.1, 0.15) is 5.01 Å². The van der Waals surface area contributed by atoms with Crippen LogP contribution < -0.4 is 10.5 Å². The first-order chi connectivity index (χ1) is 9.69. The van der Waals surface area contributed by atoms with E-state index in [0.29, 0.717) is 11.6 Å². The summed E-state index contributed by atoms with van der Waals surface area (Å²) in [5.74, 6) is 1.68. The van der Waals surface area contributed by atoms with Gasteiger partial charge in [-0.05, 0) is 24.6 Å². The quantitative estimate of drug-likeness (QED) is 0.799. The third-order valence-corrected chi connectivity index (χ3v) is 3.70. The van der Waals surface area contributed by atoms with Gasteiger partial charge in [0.15, 0.2) is 11.6 Å². The average Bonchev–Trinajstić information content (AvgIpc) is 3.05. The Balaban J connectivity index is 2.15. The van der Waals surface area contributed by atoms with E-state index in [4.69, 9.17) is 15.0 Å². The van der Waals surface area contributed by atoms with E-state index in [9.17, 15) is 0 Å². The standard InChI is InChI=1S/C14H13N3O2S/c1-8-16-11(7-20-8)13-12(14(15)17-19-13)9-4-3-5-10(6-9)18-2/h3-7H,1-2H3,(H2,15,17). The lowest BCUT2D eigenvalue weighted by atomic mass is 10.0. The van der Waals surface area contributed by atoms with E-state index in [1.165, 1.54) is 0 Å². The number of aromatic nitrogens is 2. The van der Waals surface area contributed by atoms with Crippen LogP contribution in [-0.4, -0.2) is 17.3 Å². The molecule has 2 aromatic heterocycles. The number of methoxy groups -OCH3 is 1. The van der Waals surface area contributed by atoms with Gasteiger partial charge in [0.05, 0.1) is 17.7 Å². The van der Waals surface area contributed by atoms with E-state index in [-0.39, 0.29) is 0 Å². The first-order valence-corrected chi connectivity index (χ1v) is 6.89. The number of hydrogen-bond donors (Lipinski definition) is 1. The van der Waals surface area contributed by atoms with Gasteiger partial charge in [-0.1, -0.05) is 17.3 Å². The summed E-state index contributed by atoms with van der Waals surface area (Å²) in [6.45, 7) is 1.94. The maximum absolute atomic E-state index is 5.94. The number of nitrogens with zero attached hydrogens (tertiary/aromatic N) is 2. The van der Waals surface area contributed by atoms with E-state index in [1.54, 1.807) is 18.4 Å². The van der Waals surface area contributed by atoms with Crippen molar-refractivity contribution in [2.45, 2.75) is 6.92 Å². The fourth-order valence-electron chi connectivity index (χ4n) is 2.00. The van der Waals surface area contributed by atoms with Crippen molar-refractivity contribution in [2.75, 3.05) is 12.8 Å². The van der Waals surface area contributed by atoms with Crippen LogP contribution in [0.25, 0.3) is 22.6 Å². The normalized spacial score (nSPS) is 10.7. The van der Waals surface area contributed by atoms with Crippen LogP contribution in [0.4, 0.5) is 5.82 Å². The van der Waals surface area contributed by atoms with Gasteiger partial charge in [-0.25, -0.2) is 4.98 Å². The topological polar surface area (TPSA) is 74.2 Å². The van der Waals surface area contributed by atoms with Crippen LogP contribution in [0.15, 0.2) is 34.2 Å². The Morgan fingerprint density at radius 1 is 1.35 bits per heavy atom. The summed E-state index contributed by atoms with van der Waals surface area (Å²) >= 11 is 1.56. The number of nitrogen functional groups attached to an aromatic ring is 1. The molecule has 3 rings (SSSR count). The van der Waals surface area contributed by atoms with Crippen molar-refractivity contribution < 1.29 is 9.26 Å². The van der Waals surface area contributed by atoms with Crippen molar-refractivity contribution in [3.8, 4) is 28.3 Å². The predicted molar refractivity (Wildman–Crippen MR) is 78.7 cm³/mol. The molecular formula is C14H13N3O2S.